The molecule has 0 aromatic carbocycles. The molecule has 0 rings (SSSR count). The van der Waals surface area contributed by atoms with Crippen molar-refractivity contribution in [2.75, 3.05) is 6.61 Å². The minimum Gasteiger partial charge on any atom is -0.464 e. The van der Waals surface area contributed by atoms with E-state index in [1.165, 1.54) is 19.2 Å². The summed E-state index contributed by atoms with van der Waals surface area (Å²) in [6, 6.07) is -1.77. The molecule has 26 heavy (non-hydrogen) atoms. The normalized spacial score (nSPS) is 14.5. The maximum Gasteiger partial charge on any atom is 0.460 e. The summed E-state index contributed by atoms with van der Waals surface area (Å²) in [4.78, 5) is 23.3. The van der Waals surface area contributed by atoms with Crippen LogP contribution in [0.15, 0.2) is 0 Å². The van der Waals surface area contributed by atoms with Gasteiger partial charge in [0.05, 0.1) is 6.61 Å². The van der Waals surface area contributed by atoms with Crippen LogP contribution >= 0.6 is 0 Å². The quantitative estimate of drug-likeness (QED) is 0.474. The number of amides is 1. The summed E-state index contributed by atoms with van der Waals surface area (Å²) in [6.07, 6.45) is -6.50. The van der Waals surface area contributed by atoms with Gasteiger partial charge in [-0.1, -0.05) is 27.7 Å². The van der Waals surface area contributed by atoms with E-state index in [1.54, 1.807) is 13.8 Å². The van der Waals surface area contributed by atoms with Crippen molar-refractivity contribution >= 4 is 11.9 Å². The van der Waals surface area contributed by atoms with Gasteiger partial charge in [0.1, 0.15) is 6.04 Å². The van der Waals surface area contributed by atoms with Gasteiger partial charge in [0, 0.05) is 0 Å². The second kappa shape index (κ2) is 8.90. The first kappa shape index (κ1) is 24.5. The van der Waals surface area contributed by atoms with Crippen molar-refractivity contribution in [1.82, 2.24) is 5.32 Å². The van der Waals surface area contributed by atoms with E-state index in [4.69, 9.17) is 4.74 Å². The maximum absolute atomic E-state index is 13.4. The Kier molecular flexibility index (Phi) is 8.37. The van der Waals surface area contributed by atoms with Gasteiger partial charge >= 0.3 is 24.0 Å². The fourth-order valence-corrected chi connectivity index (χ4v) is 1.75. The van der Waals surface area contributed by atoms with E-state index in [1.807, 2.05) is 0 Å². The van der Waals surface area contributed by atoms with Gasteiger partial charge in [-0.2, -0.15) is 30.7 Å². The van der Waals surface area contributed by atoms with Crippen LogP contribution in [0.2, 0.25) is 0 Å². The summed E-state index contributed by atoms with van der Waals surface area (Å²) < 4.78 is 93.8. The number of halogens is 7. The Morgan fingerprint density at radius 2 is 1.42 bits per heavy atom. The van der Waals surface area contributed by atoms with E-state index in [0.717, 1.165) is 0 Å². The summed E-state index contributed by atoms with van der Waals surface area (Å²) in [6.45, 7) is 6.56. The summed E-state index contributed by atoms with van der Waals surface area (Å²) in [7, 11) is 0. The van der Waals surface area contributed by atoms with Gasteiger partial charge in [-0.15, -0.1) is 0 Å². The van der Waals surface area contributed by atoms with Crippen molar-refractivity contribution in [3.8, 4) is 0 Å². The van der Waals surface area contributed by atoms with Crippen molar-refractivity contribution in [3.63, 3.8) is 0 Å². The third kappa shape index (κ3) is 6.31. The lowest BCUT2D eigenvalue weighted by Gasteiger charge is -2.28. The average Bonchev–Trinajstić information content (AvgIpc) is 2.43. The maximum atomic E-state index is 13.4. The first-order valence-electron chi connectivity index (χ1n) is 7.84. The van der Waals surface area contributed by atoms with Gasteiger partial charge in [-0.25, -0.2) is 4.79 Å². The Balaban J connectivity index is 5.26. The van der Waals surface area contributed by atoms with Crippen LogP contribution in [0.5, 0.6) is 0 Å². The Bertz CT molecular complexity index is 490. The van der Waals surface area contributed by atoms with Gasteiger partial charge in [-0.05, 0) is 24.7 Å². The van der Waals surface area contributed by atoms with Crippen LogP contribution in [0.4, 0.5) is 30.7 Å². The topological polar surface area (TPSA) is 55.4 Å². The second-order valence-corrected chi connectivity index (χ2v) is 6.65. The molecule has 0 unspecified atom stereocenters. The summed E-state index contributed by atoms with van der Waals surface area (Å²) in [5.41, 5.74) is 0. The monoisotopic (exact) mass is 397 g/mol. The SMILES string of the molecule is CC(C)CCOC(=O)[C@H](CC(C)C)NC(=O)C(F)(F)C(F)(F)C(F)(F)F. The largest absolute Gasteiger partial charge is 0.464 e. The minimum atomic E-state index is -6.64. The fourth-order valence-electron chi connectivity index (χ4n) is 1.75. The van der Waals surface area contributed by atoms with Gasteiger partial charge in [-0.3, -0.25) is 4.79 Å². The van der Waals surface area contributed by atoms with Gasteiger partial charge < -0.3 is 10.1 Å². The molecule has 0 radical (unpaired) electrons. The number of alkyl halides is 7. The first-order valence-corrected chi connectivity index (χ1v) is 7.84. The zero-order valence-electron chi connectivity index (χ0n) is 14.7. The van der Waals surface area contributed by atoms with Crippen LogP contribution in [-0.4, -0.2) is 42.5 Å². The summed E-state index contributed by atoms with van der Waals surface area (Å²) >= 11 is 0. The third-order valence-corrected chi connectivity index (χ3v) is 3.27. The van der Waals surface area contributed by atoms with E-state index < -0.39 is 35.9 Å². The van der Waals surface area contributed by atoms with Gasteiger partial charge in [0.25, 0.3) is 5.91 Å². The fraction of sp³-hybridized carbons (Fsp3) is 0.867. The van der Waals surface area contributed by atoms with Gasteiger partial charge in [0.2, 0.25) is 0 Å². The van der Waals surface area contributed by atoms with Crippen molar-refractivity contribution in [2.45, 2.75) is 64.6 Å². The molecule has 0 aromatic rings. The standard InChI is InChI=1S/C15H22F7NO3/c1-8(2)5-6-26-11(24)10(7-9(3)4)23-12(25)13(16,17)14(18,19)15(20,21)22/h8-10H,5-7H2,1-4H3,(H,23,25)/t10-/m0/s1. The van der Waals surface area contributed by atoms with Crippen molar-refractivity contribution in [3.05, 3.63) is 0 Å². The molecule has 0 spiro atoms. The molecule has 154 valence electrons. The van der Waals surface area contributed by atoms with Crippen molar-refractivity contribution in [1.29, 1.82) is 0 Å². The van der Waals surface area contributed by atoms with E-state index in [9.17, 15) is 40.3 Å². The number of esters is 1. The zero-order valence-corrected chi connectivity index (χ0v) is 14.7. The van der Waals surface area contributed by atoms with Gasteiger partial charge in [0.15, 0.2) is 0 Å². The number of hydrogen-bond donors (Lipinski definition) is 1. The highest BCUT2D eigenvalue weighted by Gasteiger charge is 2.76. The highest BCUT2D eigenvalue weighted by molar-refractivity contribution is 5.89. The smallest absolute Gasteiger partial charge is 0.460 e. The molecular weight excluding hydrogens is 375 g/mol. The molecule has 11 heteroatoms. The highest BCUT2D eigenvalue weighted by Crippen LogP contribution is 2.46. The number of carbonyl (C=O) groups is 2. The minimum absolute atomic E-state index is 0.115. The number of rotatable bonds is 9. The van der Waals surface area contributed by atoms with E-state index in [0.29, 0.717) is 6.42 Å². The highest BCUT2D eigenvalue weighted by atomic mass is 19.4. The molecule has 0 aromatic heterocycles. The van der Waals surface area contributed by atoms with Crippen LogP contribution in [-0.2, 0) is 14.3 Å². The lowest BCUT2D eigenvalue weighted by atomic mass is 10.0. The Labute approximate surface area is 146 Å². The molecule has 0 fully saturated rings. The molecule has 0 aliphatic carbocycles. The van der Waals surface area contributed by atoms with E-state index in [-0.39, 0.29) is 24.9 Å². The number of hydrogen-bond acceptors (Lipinski definition) is 3. The summed E-state index contributed by atoms with van der Waals surface area (Å²) in [5.74, 6) is -17.0. The average molecular weight is 397 g/mol. The Hall–Kier alpha value is -1.55. The lowest BCUT2D eigenvalue weighted by molar-refractivity contribution is -0.344. The molecule has 0 saturated carbocycles. The predicted octanol–water partition coefficient (Wildman–Crippen LogP) is 3.94. The molecule has 1 N–H and O–H groups in total. The molecule has 0 bridgehead atoms. The molecular formula is C15H22F7NO3. The zero-order chi connectivity index (χ0) is 20.9. The van der Waals surface area contributed by atoms with Crippen LogP contribution in [0.1, 0.15) is 40.5 Å². The summed E-state index contributed by atoms with van der Waals surface area (Å²) in [5, 5.41) is 1.26. The predicted molar refractivity (Wildman–Crippen MR) is 77.7 cm³/mol. The van der Waals surface area contributed by atoms with Crippen LogP contribution < -0.4 is 5.32 Å². The lowest BCUT2D eigenvalue weighted by Crippen LogP contribution is -2.61. The van der Waals surface area contributed by atoms with Crippen LogP contribution in [0.3, 0.4) is 0 Å². The molecule has 0 aliphatic heterocycles. The third-order valence-electron chi connectivity index (χ3n) is 3.27. The molecule has 0 aliphatic rings. The van der Waals surface area contributed by atoms with E-state index in [2.05, 4.69) is 0 Å². The van der Waals surface area contributed by atoms with Crippen molar-refractivity contribution in [2.24, 2.45) is 11.8 Å². The number of nitrogens with one attached hydrogen (secondary N) is 1. The number of carbonyl (C=O) groups excluding carboxylic acids is 2. The molecule has 0 saturated heterocycles. The van der Waals surface area contributed by atoms with Crippen LogP contribution in [0, 0.1) is 11.8 Å². The second-order valence-electron chi connectivity index (χ2n) is 6.65. The molecule has 4 nitrogen and oxygen atoms in total. The first-order chi connectivity index (χ1) is 11.5. The Morgan fingerprint density at radius 1 is 0.923 bits per heavy atom. The molecule has 1 amide bonds. The Morgan fingerprint density at radius 3 is 1.81 bits per heavy atom. The number of ether oxygens (including phenoxy) is 1. The molecule has 0 heterocycles. The van der Waals surface area contributed by atoms with Crippen LogP contribution in [0.25, 0.3) is 0 Å². The van der Waals surface area contributed by atoms with E-state index >= 15 is 0 Å². The molecule has 1 atom stereocenters. The van der Waals surface area contributed by atoms with Crippen molar-refractivity contribution < 1.29 is 45.1 Å².